The van der Waals surface area contributed by atoms with Crippen LogP contribution < -0.4 is 5.73 Å². The van der Waals surface area contributed by atoms with Crippen LogP contribution in [0.2, 0.25) is 0 Å². The monoisotopic (exact) mass is 249 g/mol. The molecule has 0 fully saturated rings. The van der Waals surface area contributed by atoms with Crippen molar-refractivity contribution in [2.75, 3.05) is 6.61 Å². The molecule has 1 atom stereocenters. The summed E-state index contributed by atoms with van der Waals surface area (Å²) in [6, 6.07) is 0. The van der Waals surface area contributed by atoms with Crippen molar-refractivity contribution >= 4 is 23.8 Å². The Labute approximate surface area is 94.8 Å². The molecule has 0 aromatic heterocycles. The molecule has 0 aliphatic heterocycles. The summed E-state index contributed by atoms with van der Waals surface area (Å²) in [7, 11) is 0. The van der Waals surface area contributed by atoms with E-state index < -0.39 is 48.9 Å². The van der Waals surface area contributed by atoms with Crippen LogP contribution in [0.25, 0.3) is 0 Å². The maximum atomic E-state index is 11.0. The molecule has 0 aromatic rings. The number of carboxylic acids is 2. The molecule has 1 amide bonds. The molecule has 0 rings (SSSR count). The fraction of sp³-hybridized carbons (Fsp3) is 0.500. The zero-order chi connectivity index (χ0) is 13.6. The van der Waals surface area contributed by atoms with Crippen LogP contribution in [0.1, 0.15) is 12.8 Å². The first kappa shape index (κ1) is 14.8. The Morgan fingerprint density at radius 2 is 1.65 bits per heavy atom. The van der Waals surface area contributed by atoms with Crippen LogP contribution in [0.15, 0.2) is 0 Å². The van der Waals surface area contributed by atoms with E-state index >= 15 is 0 Å². The molecule has 0 saturated heterocycles. The van der Waals surface area contributed by atoms with Gasteiger partial charge in [0.15, 0.2) is 12.2 Å². The number of amides is 1. The normalized spacial score (nSPS) is 13.5. The molecule has 17 heavy (non-hydrogen) atoms. The summed E-state index contributed by atoms with van der Waals surface area (Å²) < 4.78 is 4.20. The molecule has 9 heteroatoms. The van der Waals surface area contributed by atoms with E-state index in [1.165, 1.54) is 0 Å². The van der Waals surface area contributed by atoms with E-state index in [4.69, 9.17) is 10.2 Å². The van der Waals surface area contributed by atoms with Gasteiger partial charge in [-0.15, -0.1) is 0 Å². The lowest BCUT2D eigenvalue weighted by atomic mass is 9.96. The first-order valence-electron chi connectivity index (χ1n) is 4.29. The first-order valence-corrected chi connectivity index (χ1v) is 4.29. The van der Waals surface area contributed by atoms with Crippen LogP contribution in [0.4, 0.5) is 0 Å². The van der Waals surface area contributed by atoms with Crippen LogP contribution in [0.5, 0.6) is 0 Å². The Kier molecular flexibility index (Phi) is 5.06. The second-order valence-corrected chi connectivity index (χ2v) is 3.21. The van der Waals surface area contributed by atoms with Crippen molar-refractivity contribution in [3.05, 3.63) is 0 Å². The van der Waals surface area contributed by atoms with Gasteiger partial charge in [-0.1, -0.05) is 0 Å². The molecule has 0 aliphatic carbocycles. The molecular formula is C8H11NO8. The highest BCUT2D eigenvalue weighted by Crippen LogP contribution is 2.16. The molecule has 0 aromatic carbocycles. The lowest BCUT2D eigenvalue weighted by molar-refractivity contribution is -0.172. The first-order chi connectivity index (χ1) is 7.67. The number of rotatable bonds is 7. The van der Waals surface area contributed by atoms with Gasteiger partial charge in [-0.3, -0.25) is 14.4 Å². The van der Waals surface area contributed by atoms with Crippen molar-refractivity contribution in [3.8, 4) is 0 Å². The SMILES string of the molecule is NC(=O)COC(=O)CC(O)(CC(=O)O)C(=O)O. The second kappa shape index (κ2) is 5.80. The summed E-state index contributed by atoms with van der Waals surface area (Å²) in [5.74, 6) is -5.68. The van der Waals surface area contributed by atoms with Crippen molar-refractivity contribution in [1.29, 1.82) is 0 Å². The van der Waals surface area contributed by atoms with E-state index in [1.807, 2.05) is 0 Å². The van der Waals surface area contributed by atoms with E-state index in [9.17, 15) is 24.3 Å². The number of esters is 1. The largest absolute Gasteiger partial charge is 0.481 e. The average molecular weight is 249 g/mol. The number of ether oxygens (including phenoxy) is 1. The van der Waals surface area contributed by atoms with Crippen LogP contribution in [-0.4, -0.2) is 51.3 Å². The summed E-state index contributed by atoms with van der Waals surface area (Å²) in [6.07, 6.45) is -2.27. The summed E-state index contributed by atoms with van der Waals surface area (Å²) in [5, 5.41) is 26.4. The van der Waals surface area contributed by atoms with Crippen molar-refractivity contribution in [2.45, 2.75) is 18.4 Å². The fourth-order valence-electron chi connectivity index (χ4n) is 0.905. The van der Waals surface area contributed by atoms with Gasteiger partial charge < -0.3 is 25.8 Å². The number of carboxylic acid groups (broad SMARTS) is 2. The third-order valence-electron chi connectivity index (χ3n) is 1.65. The van der Waals surface area contributed by atoms with Gasteiger partial charge in [0.25, 0.3) is 5.91 Å². The second-order valence-electron chi connectivity index (χ2n) is 3.21. The Hall–Kier alpha value is -2.16. The molecule has 9 nitrogen and oxygen atoms in total. The fourth-order valence-corrected chi connectivity index (χ4v) is 0.905. The Morgan fingerprint density at radius 1 is 1.12 bits per heavy atom. The lowest BCUT2D eigenvalue weighted by Gasteiger charge is -2.19. The maximum absolute atomic E-state index is 11.0. The van der Waals surface area contributed by atoms with Gasteiger partial charge in [0, 0.05) is 0 Å². The number of aliphatic carboxylic acids is 2. The maximum Gasteiger partial charge on any atom is 0.336 e. The van der Waals surface area contributed by atoms with E-state index in [1.54, 1.807) is 0 Å². The van der Waals surface area contributed by atoms with Gasteiger partial charge in [0.05, 0.1) is 12.8 Å². The third kappa shape index (κ3) is 5.47. The zero-order valence-electron chi connectivity index (χ0n) is 8.58. The molecule has 0 aliphatic rings. The molecule has 5 N–H and O–H groups in total. The Morgan fingerprint density at radius 3 is 2.00 bits per heavy atom. The summed E-state index contributed by atoms with van der Waals surface area (Å²) in [6.45, 7) is -0.776. The minimum absolute atomic E-state index is 0.776. The van der Waals surface area contributed by atoms with Crippen LogP contribution >= 0.6 is 0 Å². The smallest absolute Gasteiger partial charge is 0.336 e. The van der Waals surface area contributed by atoms with Gasteiger partial charge >= 0.3 is 17.9 Å². The number of hydrogen-bond donors (Lipinski definition) is 4. The van der Waals surface area contributed by atoms with Crippen LogP contribution in [-0.2, 0) is 23.9 Å². The lowest BCUT2D eigenvalue weighted by Crippen LogP contribution is -2.43. The molecule has 1 unspecified atom stereocenters. The quantitative estimate of drug-likeness (QED) is 0.365. The number of nitrogens with two attached hydrogens (primary N) is 1. The molecule has 0 bridgehead atoms. The third-order valence-corrected chi connectivity index (χ3v) is 1.65. The zero-order valence-corrected chi connectivity index (χ0v) is 8.58. The predicted molar refractivity (Wildman–Crippen MR) is 49.6 cm³/mol. The predicted octanol–water partition coefficient (Wildman–Crippen LogP) is -2.30. The van der Waals surface area contributed by atoms with Crippen molar-refractivity contribution < 1.29 is 39.2 Å². The Balaban J connectivity index is 4.54. The number of hydrogen-bond acceptors (Lipinski definition) is 6. The van der Waals surface area contributed by atoms with Gasteiger partial charge in [0.2, 0.25) is 0 Å². The highest BCUT2D eigenvalue weighted by molar-refractivity contribution is 5.89. The standard InChI is InChI=1S/C8H11NO8/c9-4(10)3-17-6(13)2-8(16,7(14)15)1-5(11)12/h16H,1-3H2,(H2,9,10)(H,11,12)(H,14,15). The number of aliphatic hydroxyl groups is 1. The number of carbonyl (C=O) groups is 4. The number of carbonyl (C=O) groups excluding carboxylic acids is 2. The van der Waals surface area contributed by atoms with Crippen LogP contribution in [0, 0.1) is 0 Å². The van der Waals surface area contributed by atoms with Gasteiger partial charge in [-0.2, -0.15) is 0 Å². The molecular weight excluding hydrogens is 238 g/mol. The molecule has 0 spiro atoms. The minimum Gasteiger partial charge on any atom is -0.481 e. The highest BCUT2D eigenvalue weighted by atomic mass is 16.5. The molecule has 0 radical (unpaired) electrons. The molecule has 0 saturated carbocycles. The minimum atomic E-state index is -2.78. The van der Waals surface area contributed by atoms with E-state index in [-0.39, 0.29) is 0 Å². The van der Waals surface area contributed by atoms with E-state index in [0.29, 0.717) is 0 Å². The van der Waals surface area contributed by atoms with Crippen LogP contribution in [0.3, 0.4) is 0 Å². The summed E-state index contributed by atoms with van der Waals surface area (Å²) in [5.41, 5.74) is 1.88. The summed E-state index contributed by atoms with van der Waals surface area (Å²) in [4.78, 5) is 42.2. The molecule has 96 valence electrons. The van der Waals surface area contributed by atoms with Gasteiger partial charge in [0.1, 0.15) is 0 Å². The van der Waals surface area contributed by atoms with E-state index in [2.05, 4.69) is 10.5 Å². The van der Waals surface area contributed by atoms with E-state index in [0.717, 1.165) is 0 Å². The average Bonchev–Trinajstić information content (AvgIpc) is 2.12. The van der Waals surface area contributed by atoms with Crippen molar-refractivity contribution in [3.63, 3.8) is 0 Å². The van der Waals surface area contributed by atoms with Crippen molar-refractivity contribution in [2.24, 2.45) is 5.73 Å². The van der Waals surface area contributed by atoms with Crippen molar-refractivity contribution in [1.82, 2.24) is 0 Å². The van der Waals surface area contributed by atoms with Gasteiger partial charge in [-0.25, -0.2) is 4.79 Å². The highest BCUT2D eigenvalue weighted by Gasteiger charge is 2.41. The van der Waals surface area contributed by atoms with Gasteiger partial charge in [-0.05, 0) is 0 Å². The summed E-state index contributed by atoms with van der Waals surface area (Å²) >= 11 is 0. The topological polar surface area (TPSA) is 164 Å². The Bertz CT molecular complexity index is 351. The number of primary amides is 1. The molecule has 0 heterocycles.